The molecule has 19 heavy (non-hydrogen) atoms. The van der Waals surface area contributed by atoms with Crippen molar-refractivity contribution in [2.24, 2.45) is 0 Å². The Morgan fingerprint density at radius 1 is 1.47 bits per heavy atom. The molecule has 0 aromatic heterocycles. The molecule has 2 N–H and O–H groups in total. The number of ether oxygens (including phenoxy) is 1. The second kappa shape index (κ2) is 7.14. The van der Waals surface area contributed by atoms with Crippen LogP contribution in [-0.4, -0.2) is 31.1 Å². The van der Waals surface area contributed by atoms with E-state index in [1.807, 2.05) is 37.3 Å². The molecule has 1 aromatic carbocycles. The summed E-state index contributed by atoms with van der Waals surface area (Å²) in [5, 5.41) is 6.25. The number of amides is 1. The Kier molecular flexibility index (Phi) is 5.21. The van der Waals surface area contributed by atoms with Crippen LogP contribution in [0.15, 0.2) is 30.3 Å². The summed E-state index contributed by atoms with van der Waals surface area (Å²) in [5.41, 5.74) is 0. The van der Waals surface area contributed by atoms with Crippen LogP contribution in [0.5, 0.6) is 5.75 Å². The summed E-state index contributed by atoms with van der Waals surface area (Å²) in [6.07, 6.45) is 2.82. The summed E-state index contributed by atoms with van der Waals surface area (Å²) in [6, 6.07) is 10.0. The van der Waals surface area contributed by atoms with Gasteiger partial charge in [0.2, 0.25) is 5.91 Å². The molecule has 1 aliphatic rings. The number of hydrogen-bond acceptors (Lipinski definition) is 3. The molecule has 1 amide bonds. The standard InChI is InChI=1S/C15H22N2O2/c1-12(19-14-7-3-2-4-8-14)11-17-15(18)10-13-6-5-9-16-13/h2-4,7-8,12-13,16H,5-6,9-11H2,1H3,(H,17,18). The van der Waals surface area contributed by atoms with Gasteiger partial charge in [-0.1, -0.05) is 18.2 Å². The summed E-state index contributed by atoms with van der Waals surface area (Å²) in [7, 11) is 0. The predicted octanol–water partition coefficient (Wildman–Crippen LogP) is 1.71. The maximum Gasteiger partial charge on any atom is 0.221 e. The molecule has 1 fully saturated rings. The summed E-state index contributed by atoms with van der Waals surface area (Å²) in [4.78, 5) is 11.7. The van der Waals surface area contributed by atoms with Gasteiger partial charge in [0, 0.05) is 12.5 Å². The van der Waals surface area contributed by atoms with Crippen molar-refractivity contribution in [3.8, 4) is 5.75 Å². The SMILES string of the molecule is CC(CNC(=O)CC1CCCN1)Oc1ccccc1. The monoisotopic (exact) mass is 262 g/mol. The average molecular weight is 262 g/mol. The van der Waals surface area contributed by atoms with Gasteiger partial charge in [0.25, 0.3) is 0 Å². The lowest BCUT2D eigenvalue weighted by Crippen LogP contribution is -2.37. The van der Waals surface area contributed by atoms with Gasteiger partial charge < -0.3 is 15.4 Å². The first-order chi connectivity index (χ1) is 9.24. The van der Waals surface area contributed by atoms with E-state index in [-0.39, 0.29) is 12.0 Å². The summed E-state index contributed by atoms with van der Waals surface area (Å²) in [5.74, 6) is 0.935. The van der Waals surface area contributed by atoms with Crippen molar-refractivity contribution >= 4 is 5.91 Å². The van der Waals surface area contributed by atoms with Gasteiger partial charge in [0.05, 0.1) is 6.54 Å². The molecule has 2 rings (SSSR count). The van der Waals surface area contributed by atoms with E-state index in [2.05, 4.69) is 10.6 Å². The Morgan fingerprint density at radius 3 is 2.95 bits per heavy atom. The van der Waals surface area contributed by atoms with Crippen LogP contribution in [0.25, 0.3) is 0 Å². The fraction of sp³-hybridized carbons (Fsp3) is 0.533. The van der Waals surface area contributed by atoms with Gasteiger partial charge in [0.1, 0.15) is 11.9 Å². The van der Waals surface area contributed by atoms with Gasteiger partial charge in [-0.05, 0) is 38.4 Å². The van der Waals surface area contributed by atoms with Gasteiger partial charge >= 0.3 is 0 Å². The normalized spacial score (nSPS) is 19.9. The quantitative estimate of drug-likeness (QED) is 0.820. The third-order valence-electron chi connectivity index (χ3n) is 3.26. The molecule has 2 atom stereocenters. The van der Waals surface area contributed by atoms with E-state index in [1.165, 1.54) is 6.42 Å². The van der Waals surface area contributed by atoms with Gasteiger partial charge in [-0.25, -0.2) is 0 Å². The van der Waals surface area contributed by atoms with Crippen molar-refractivity contribution in [2.75, 3.05) is 13.1 Å². The van der Waals surface area contributed by atoms with Crippen LogP contribution in [0.1, 0.15) is 26.2 Å². The molecule has 0 radical (unpaired) electrons. The predicted molar refractivity (Wildman–Crippen MR) is 75.2 cm³/mol. The van der Waals surface area contributed by atoms with Crippen LogP contribution in [-0.2, 0) is 4.79 Å². The molecule has 4 nitrogen and oxygen atoms in total. The highest BCUT2D eigenvalue weighted by molar-refractivity contribution is 5.76. The van der Waals surface area contributed by atoms with Gasteiger partial charge in [-0.15, -0.1) is 0 Å². The number of rotatable bonds is 6. The highest BCUT2D eigenvalue weighted by Crippen LogP contribution is 2.11. The van der Waals surface area contributed by atoms with Crippen molar-refractivity contribution in [2.45, 2.75) is 38.3 Å². The number of carbonyl (C=O) groups is 1. The van der Waals surface area contributed by atoms with E-state index in [4.69, 9.17) is 4.74 Å². The van der Waals surface area contributed by atoms with Crippen LogP contribution in [0.2, 0.25) is 0 Å². The van der Waals surface area contributed by atoms with Crippen LogP contribution in [0, 0.1) is 0 Å². The second-order valence-corrected chi connectivity index (χ2v) is 5.04. The van der Waals surface area contributed by atoms with Gasteiger partial charge in [0.15, 0.2) is 0 Å². The smallest absolute Gasteiger partial charge is 0.221 e. The van der Waals surface area contributed by atoms with E-state index in [0.717, 1.165) is 18.7 Å². The maximum absolute atomic E-state index is 11.7. The molecular weight excluding hydrogens is 240 g/mol. The van der Waals surface area contributed by atoms with E-state index in [1.54, 1.807) is 0 Å². The molecule has 4 heteroatoms. The number of hydrogen-bond donors (Lipinski definition) is 2. The van der Waals surface area contributed by atoms with Crippen molar-refractivity contribution in [3.63, 3.8) is 0 Å². The highest BCUT2D eigenvalue weighted by Gasteiger charge is 2.17. The summed E-state index contributed by atoms with van der Waals surface area (Å²) in [6.45, 7) is 3.53. The molecule has 1 aromatic rings. The third-order valence-corrected chi connectivity index (χ3v) is 3.26. The zero-order valence-corrected chi connectivity index (χ0v) is 11.4. The van der Waals surface area contributed by atoms with Crippen molar-refractivity contribution < 1.29 is 9.53 Å². The topological polar surface area (TPSA) is 50.4 Å². The Labute approximate surface area is 114 Å². The maximum atomic E-state index is 11.7. The number of carbonyl (C=O) groups excluding carboxylic acids is 1. The Hall–Kier alpha value is -1.55. The molecule has 1 heterocycles. The minimum absolute atomic E-state index is 0.0251. The fourth-order valence-electron chi connectivity index (χ4n) is 2.26. The Balaban J connectivity index is 1.65. The zero-order valence-electron chi connectivity index (χ0n) is 11.4. The molecule has 0 saturated carbocycles. The number of benzene rings is 1. The van der Waals surface area contributed by atoms with Crippen molar-refractivity contribution in [3.05, 3.63) is 30.3 Å². The van der Waals surface area contributed by atoms with E-state index in [9.17, 15) is 4.79 Å². The van der Waals surface area contributed by atoms with Crippen LogP contribution in [0.3, 0.4) is 0 Å². The largest absolute Gasteiger partial charge is 0.489 e. The minimum atomic E-state index is -0.0251. The van der Waals surface area contributed by atoms with E-state index < -0.39 is 0 Å². The van der Waals surface area contributed by atoms with E-state index >= 15 is 0 Å². The molecule has 2 unspecified atom stereocenters. The Morgan fingerprint density at radius 2 is 2.26 bits per heavy atom. The molecule has 0 aliphatic carbocycles. The first-order valence-corrected chi connectivity index (χ1v) is 6.96. The van der Waals surface area contributed by atoms with Crippen LogP contribution < -0.4 is 15.4 Å². The fourth-order valence-corrected chi connectivity index (χ4v) is 2.26. The molecule has 1 saturated heterocycles. The second-order valence-electron chi connectivity index (χ2n) is 5.04. The minimum Gasteiger partial charge on any atom is -0.489 e. The summed E-state index contributed by atoms with van der Waals surface area (Å²) >= 11 is 0. The lowest BCUT2D eigenvalue weighted by molar-refractivity contribution is -0.121. The molecule has 1 aliphatic heterocycles. The molecular formula is C15H22N2O2. The lowest BCUT2D eigenvalue weighted by atomic mass is 10.1. The molecule has 104 valence electrons. The van der Waals surface area contributed by atoms with Gasteiger partial charge in [-0.2, -0.15) is 0 Å². The molecule has 0 bridgehead atoms. The summed E-state index contributed by atoms with van der Waals surface area (Å²) < 4.78 is 5.70. The van der Waals surface area contributed by atoms with Crippen LogP contribution >= 0.6 is 0 Å². The number of para-hydroxylation sites is 1. The van der Waals surface area contributed by atoms with Crippen molar-refractivity contribution in [1.82, 2.24) is 10.6 Å². The third kappa shape index (κ3) is 4.91. The van der Waals surface area contributed by atoms with E-state index in [0.29, 0.717) is 19.0 Å². The zero-order chi connectivity index (χ0) is 13.5. The van der Waals surface area contributed by atoms with Crippen molar-refractivity contribution in [1.29, 1.82) is 0 Å². The van der Waals surface area contributed by atoms with Gasteiger partial charge in [-0.3, -0.25) is 4.79 Å². The first kappa shape index (κ1) is 13.9. The highest BCUT2D eigenvalue weighted by atomic mass is 16.5. The average Bonchev–Trinajstić information content (AvgIpc) is 2.90. The first-order valence-electron chi connectivity index (χ1n) is 6.96. The lowest BCUT2D eigenvalue weighted by Gasteiger charge is -2.16. The molecule has 0 spiro atoms. The number of nitrogens with one attached hydrogen (secondary N) is 2. The van der Waals surface area contributed by atoms with Crippen LogP contribution in [0.4, 0.5) is 0 Å². The Bertz CT molecular complexity index is 388.